The number of benzene rings is 2. The summed E-state index contributed by atoms with van der Waals surface area (Å²) in [4.78, 5) is 14.0. The average molecular weight is 388 g/mol. The summed E-state index contributed by atoms with van der Waals surface area (Å²) in [5.41, 5.74) is 7.75. The third-order valence-corrected chi connectivity index (χ3v) is 4.06. The minimum Gasteiger partial charge on any atom is -0.398 e. The van der Waals surface area contributed by atoms with Crippen LogP contribution in [0.5, 0.6) is 0 Å². The Balaban J connectivity index is 2.17. The predicted molar refractivity (Wildman–Crippen MR) is 90.8 cm³/mol. The number of nitrogens with two attached hydrogens (primary N) is 1. The Morgan fingerprint density at radius 3 is 2.38 bits per heavy atom. The quantitative estimate of drug-likeness (QED) is 0.781. The van der Waals surface area contributed by atoms with Crippen LogP contribution < -0.4 is 5.73 Å². The zero-order valence-electron chi connectivity index (χ0n) is 11.2. The van der Waals surface area contributed by atoms with Gasteiger partial charge in [-0.2, -0.15) is 0 Å². The first-order valence-corrected chi connectivity index (χ1v) is 7.67. The molecule has 2 rings (SSSR count). The Kier molecular flexibility index (Phi) is 5.14. The van der Waals surface area contributed by atoms with Gasteiger partial charge in [-0.25, -0.2) is 0 Å². The number of nitrogen functional groups attached to an aromatic ring is 1. The Hall–Kier alpha value is -1.23. The zero-order chi connectivity index (χ0) is 15.6. The zero-order valence-corrected chi connectivity index (χ0v) is 14.3. The van der Waals surface area contributed by atoms with E-state index in [2.05, 4.69) is 15.9 Å². The summed E-state index contributed by atoms with van der Waals surface area (Å²) in [7, 11) is 1.72. The number of nitrogens with zero attached hydrogens (tertiary/aromatic N) is 1. The number of hydrogen-bond donors (Lipinski definition) is 1. The molecule has 2 aromatic carbocycles. The summed E-state index contributed by atoms with van der Waals surface area (Å²) < 4.78 is 0.701. The molecule has 0 bridgehead atoms. The average Bonchev–Trinajstić information content (AvgIpc) is 2.39. The van der Waals surface area contributed by atoms with Gasteiger partial charge in [-0.15, -0.1) is 0 Å². The van der Waals surface area contributed by atoms with Crippen LogP contribution in [0.15, 0.2) is 40.9 Å². The van der Waals surface area contributed by atoms with Crippen molar-refractivity contribution in [2.75, 3.05) is 12.8 Å². The lowest BCUT2D eigenvalue weighted by Crippen LogP contribution is -2.26. The summed E-state index contributed by atoms with van der Waals surface area (Å²) in [6.07, 6.45) is 0. The van der Waals surface area contributed by atoms with Gasteiger partial charge in [0.1, 0.15) is 0 Å². The first-order valence-electron chi connectivity index (χ1n) is 6.12. The normalized spacial score (nSPS) is 10.5. The standard InChI is InChI=1S/C15H13BrCl2N2O/c1-20(8-9-4-11(17)7-12(18)5-9)15(21)10-2-3-14(19)13(16)6-10/h2-7H,8,19H2,1H3. The number of anilines is 1. The minimum atomic E-state index is -0.105. The topological polar surface area (TPSA) is 46.3 Å². The molecule has 1 amide bonds. The number of hydrogen-bond acceptors (Lipinski definition) is 2. The van der Waals surface area contributed by atoms with E-state index in [4.69, 9.17) is 28.9 Å². The van der Waals surface area contributed by atoms with E-state index in [1.54, 1.807) is 48.3 Å². The number of rotatable bonds is 3. The van der Waals surface area contributed by atoms with Crippen LogP contribution in [-0.2, 0) is 6.54 Å². The molecule has 0 aliphatic carbocycles. The second kappa shape index (κ2) is 6.69. The molecule has 2 aromatic rings. The van der Waals surface area contributed by atoms with Gasteiger partial charge in [0.2, 0.25) is 0 Å². The Bertz CT molecular complexity index is 671. The maximum Gasteiger partial charge on any atom is 0.253 e. The van der Waals surface area contributed by atoms with Crippen molar-refractivity contribution in [1.29, 1.82) is 0 Å². The van der Waals surface area contributed by atoms with E-state index in [9.17, 15) is 4.79 Å². The van der Waals surface area contributed by atoms with Gasteiger partial charge in [0, 0.05) is 39.4 Å². The maximum absolute atomic E-state index is 12.4. The molecule has 0 atom stereocenters. The number of amides is 1. The number of carbonyl (C=O) groups is 1. The van der Waals surface area contributed by atoms with Crippen LogP contribution in [0.25, 0.3) is 0 Å². The van der Waals surface area contributed by atoms with Gasteiger partial charge in [-0.05, 0) is 57.9 Å². The summed E-state index contributed by atoms with van der Waals surface area (Å²) in [6.45, 7) is 0.418. The van der Waals surface area contributed by atoms with Crippen molar-refractivity contribution in [3.63, 3.8) is 0 Å². The van der Waals surface area contributed by atoms with Crippen molar-refractivity contribution in [2.45, 2.75) is 6.54 Å². The molecule has 0 unspecified atom stereocenters. The fourth-order valence-electron chi connectivity index (χ4n) is 1.93. The Morgan fingerprint density at radius 1 is 1.19 bits per heavy atom. The van der Waals surface area contributed by atoms with Crippen molar-refractivity contribution >= 4 is 50.7 Å². The first kappa shape index (κ1) is 16.1. The molecule has 0 saturated carbocycles. The van der Waals surface area contributed by atoms with Gasteiger partial charge in [0.15, 0.2) is 0 Å². The van der Waals surface area contributed by atoms with Gasteiger partial charge in [0.05, 0.1) is 0 Å². The molecule has 21 heavy (non-hydrogen) atoms. The second-order valence-corrected chi connectivity index (χ2v) is 6.40. The smallest absolute Gasteiger partial charge is 0.253 e. The van der Waals surface area contributed by atoms with Crippen LogP contribution in [0.3, 0.4) is 0 Å². The Morgan fingerprint density at radius 2 is 1.81 bits per heavy atom. The maximum atomic E-state index is 12.4. The van der Waals surface area contributed by atoms with Gasteiger partial charge >= 0.3 is 0 Å². The van der Waals surface area contributed by atoms with Crippen molar-refractivity contribution in [3.05, 3.63) is 62.0 Å². The predicted octanol–water partition coefficient (Wildman–Crippen LogP) is 4.61. The third-order valence-electron chi connectivity index (χ3n) is 2.94. The van der Waals surface area contributed by atoms with Crippen molar-refractivity contribution < 1.29 is 4.79 Å². The van der Waals surface area contributed by atoms with Crippen LogP contribution in [-0.4, -0.2) is 17.9 Å². The molecule has 6 heteroatoms. The molecule has 0 fully saturated rings. The summed E-state index contributed by atoms with van der Waals surface area (Å²) in [5.74, 6) is -0.105. The third kappa shape index (κ3) is 4.13. The van der Waals surface area contributed by atoms with Crippen LogP contribution in [0.1, 0.15) is 15.9 Å². The van der Waals surface area contributed by atoms with Crippen LogP contribution in [0, 0.1) is 0 Å². The fourth-order valence-corrected chi connectivity index (χ4v) is 2.88. The highest BCUT2D eigenvalue weighted by Crippen LogP contribution is 2.23. The van der Waals surface area contributed by atoms with Crippen LogP contribution in [0.2, 0.25) is 10.0 Å². The van der Waals surface area contributed by atoms with Gasteiger partial charge in [-0.1, -0.05) is 23.2 Å². The van der Waals surface area contributed by atoms with Crippen LogP contribution in [0.4, 0.5) is 5.69 Å². The van der Waals surface area contributed by atoms with Gasteiger partial charge in [0.25, 0.3) is 5.91 Å². The highest BCUT2D eigenvalue weighted by Gasteiger charge is 2.13. The number of carbonyl (C=O) groups excluding carboxylic acids is 1. The minimum absolute atomic E-state index is 0.105. The SMILES string of the molecule is CN(Cc1cc(Cl)cc(Cl)c1)C(=O)c1ccc(N)c(Br)c1. The molecule has 0 aliphatic heterocycles. The van der Waals surface area contributed by atoms with E-state index in [-0.39, 0.29) is 5.91 Å². The monoisotopic (exact) mass is 386 g/mol. The van der Waals surface area contributed by atoms with Crippen molar-refractivity contribution in [3.8, 4) is 0 Å². The molecule has 110 valence electrons. The summed E-state index contributed by atoms with van der Waals surface area (Å²) in [5, 5.41) is 1.10. The Labute approximate surface area is 141 Å². The molecule has 0 radical (unpaired) electrons. The molecule has 0 aromatic heterocycles. The van der Waals surface area contributed by atoms with Crippen molar-refractivity contribution in [2.24, 2.45) is 0 Å². The lowest BCUT2D eigenvalue weighted by molar-refractivity contribution is 0.0785. The van der Waals surface area contributed by atoms with E-state index < -0.39 is 0 Å². The lowest BCUT2D eigenvalue weighted by atomic mass is 10.1. The van der Waals surface area contributed by atoms with E-state index >= 15 is 0 Å². The van der Waals surface area contributed by atoms with E-state index in [1.165, 1.54) is 0 Å². The highest BCUT2D eigenvalue weighted by atomic mass is 79.9. The van der Waals surface area contributed by atoms with Gasteiger partial charge < -0.3 is 10.6 Å². The van der Waals surface area contributed by atoms with Gasteiger partial charge in [-0.3, -0.25) is 4.79 Å². The molecule has 3 nitrogen and oxygen atoms in total. The molecular weight excluding hydrogens is 375 g/mol. The summed E-state index contributed by atoms with van der Waals surface area (Å²) >= 11 is 15.2. The second-order valence-electron chi connectivity index (χ2n) is 4.68. The molecule has 0 saturated heterocycles. The lowest BCUT2D eigenvalue weighted by Gasteiger charge is -2.18. The summed E-state index contributed by atoms with van der Waals surface area (Å²) in [6, 6.07) is 10.3. The highest BCUT2D eigenvalue weighted by molar-refractivity contribution is 9.10. The number of halogens is 3. The molecule has 0 heterocycles. The molecular formula is C15H13BrCl2N2O. The fraction of sp³-hybridized carbons (Fsp3) is 0.133. The molecule has 0 aliphatic rings. The molecule has 0 spiro atoms. The molecule has 2 N–H and O–H groups in total. The van der Waals surface area contributed by atoms with E-state index in [0.717, 1.165) is 5.56 Å². The largest absolute Gasteiger partial charge is 0.398 e. The van der Waals surface area contributed by atoms with Crippen molar-refractivity contribution in [1.82, 2.24) is 4.90 Å². The van der Waals surface area contributed by atoms with E-state index in [0.29, 0.717) is 32.3 Å². The first-order chi connectivity index (χ1) is 9.86. The van der Waals surface area contributed by atoms with E-state index in [1.807, 2.05) is 0 Å². The van der Waals surface area contributed by atoms with Crippen LogP contribution >= 0.6 is 39.1 Å².